The molecule has 0 saturated heterocycles. The van der Waals surface area contributed by atoms with Crippen molar-refractivity contribution in [3.63, 3.8) is 0 Å². The van der Waals surface area contributed by atoms with Crippen molar-refractivity contribution < 1.29 is 18.9 Å². The first-order valence-electron chi connectivity index (χ1n) is 13.1. The molecule has 180 valence electrons. The number of rotatable bonds is 6. The van der Waals surface area contributed by atoms with Crippen LogP contribution in [0.2, 0.25) is 0 Å². The Morgan fingerprint density at radius 3 is 2.68 bits per heavy atom. The van der Waals surface area contributed by atoms with Gasteiger partial charge in [0, 0.05) is 24.0 Å². The molecule has 2 spiro atoms. The molecule has 34 heavy (non-hydrogen) atoms. The Hall–Kier alpha value is -2.04. The average molecular weight is 461 g/mol. The Morgan fingerprint density at radius 2 is 1.88 bits per heavy atom. The summed E-state index contributed by atoms with van der Waals surface area (Å²) in [5.74, 6) is 3.67. The van der Waals surface area contributed by atoms with E-state index in [1.165, 1.54) is 48.8 Å². The van der Waals surface area contributed by atoms with Crippen molar-refractivity contribution in [2.75, 3.05) is 20.8 Å². The summed E-state index contributed by atoms with van der Waals surface area (Å²) in [6.07, 6.45) is 7.16. The van der Waals surface area contributed by atoms with Crippen LogP contribution in [-0.4, -0.2) is 32.5 Å². The van der Waals surface area contributed by atoms with E-state index in [0.29, 0.717) is 18.4 Å². The molecule has 1 heterocycles. The van der Waals surface area contributed by atoms with Gasteiger partial charge in [-0.05, 0) is 73.0 Å². The molecule has 0 amide bonds. The summed E-state index contributed by atoms with van der Waals surface area (Å²) in [4.78, 5) is 0. The molecule has 4 saturated carbocycles. The second kappa shape index (κ2) is 7.24. The van der Waals surface area contributed by atoms with E-state index in [1.807, 2.05) is 7.11 Å². The van der Waals surface area contributed by atoms with Crippen molar-refractivity contribution in [1.29, 1.82) is 0 Å². The van der Waals surface area contributed by atoms with Gasteiger partial charge in [-0.2, -0.15) is 0 Å². The van der Waals surface area contributed by atoms with Crippen LogP contribution in [0.1, 0.15) is 55.7 Å². The molecule has 7 unspecified atom stereocenters. The lowest BCUT2D eigenvalue weighted by atomic mass is 9.31. The summed E-state index contributed by atoms with van der Waals surface area (Å²) in [5, 5.41) is 0. The molecule has 4 fully saturated rings. The Morgan fingerprint density at radius 1 is 1.03 bits per heavy atom. The van der Waals surface area contributed by atoms with E-state index < -0.39 is 0 Å². The highest BCUT2D eigenvalue weighted by atomic mass is 16.6. The molecule has 2 aromatic carbocycles. The maximum absolute atomic E-state index is 7.05. The summed E-state index contributed by atoms with van der Waals surface area (Å²) in [6.45, 7) is 3.88. The Balaban J connectivity index is 1.33. The lowest BCUT2D eigenvalue weighted by Gasteiger charge is -2.73. The highest BCUT2D eigenvalue weighted by molar-refractivity contribution is 5.63. The van der Waals surface area contributed by atoms with Crippen molar-refractivity contribution in [1.82, 2.24) is 0 Å². The maximum Gasteiger partial charge on any atom is 0.165 e. The summed E-state index contributed by atoms with van der Waals surface area (Å²) >= 11 is 0. The molecule has 6 aliphatic rings. The molecule has 0 aromatic heterocycles. The van der Waals surface area contributed by atoms with Gasteiger partial charge in [0.25, 0.3) is 0 Å². The van der Waals surface area contributed by atoms with E-state index in [4.69, 9.17) is 18.9 Å². The second-order valence-electron chi connectivity index (χ2n) is 11.6. The fourth-order valence-electron chi connectivity index (χ4n) is 9.48. The van der Waals surface area contributed by atoms with Crippen LogP contribution in [0.3, 0.4) is 0 Å². The predicted molar refractivity (Wildman–Crippen MR) is 130 cm³/mol. The lowest BCUT2D eigenvalue weighted by molar-refractivity contribution is -0.284. The largest absolute Gasteiger partial charge is 0.493 e. The summed E-state index contributed by atoms with van der Waals surface area (Å²) < 4.78 is 25.9. The number of benzene rings is 2. The van der Waals surface area contributed by atoms with E-state index in [1.54, 1.807) is 7.11 Å². The highest BCUT2D eigenvalue weighted by Gasteiger charge is 2.80. The van der Waals surface area contributed by atoms with Crippen molar-refractivity contribution in [2.45, 2.75) is 69.2 Å². The highest BCUT2D eigenvalue weighted by Crippen LogP contribution is 2.79. The first-order chi connectivity index (χ1) is 16.6. The monoisotopic (exact) mass is 460 g/mol. The maximum atomic E-state index is 7.05. The van der Waals surface area contributed by atoms with Gasteiger partial charge in [0.2, 0.25) is 0 Å². The van der Waals surface area contributed by atoms with Gasteiger partial charge >= 0.3 is 0 Å². The minimum Gasteiger partial charge on any atom is -0.493 e. The number of hydrogen-bond donors (Lipinski definition) is 0. The quantitative estimate of drug-likeness (QED) is 0.554. The Bertz CT molecular complexity index is 1110. The molecule has 8 rings (SSSR count). The summed E-state index contributed by atoms with van der Waals surface area (Å²) in [6, 6.07) is 15.0. The Labute approximate surface area is 202 Å². The SMILES string of the molecule is COc1ccc2c3c1OC1C4(OC)CCC5(CC4COCc4ccccc4)C(C2)C(C)CCC315. The van der Waals surface area contributed by atoms with Gasteiger partial charge < -0.3 is 18.9 Å². The van der Waals surface area contributed by atoms with E-state index in [9.17, 15) is 0 Å². The fraction of sp³-hybridized carbons (Fsp3) is 0.600. The van der Waals surface area contributed by atoms with Gasteiger partial charge in [0.1, 0.15) is 11.7 Å². The Kier molecular flexibility index (Phi) is 4.53. The molecule has 4 bridgehead atoms. The average Bonchev–Trinajstić information content (AvgIpc) is 3.24. The van der Waals surface area contributed by atoms with Gasteiger partial charge in [-0.1, -0.05) is 43.3 Å². The minimum atomic E-state index is -0.317. The zero-order valence-electron chi connectivity index (χ0n) is 20.6. The van der Waals surface area contributed by atoms with Crippen molar-refractivity contribution in [3.05, 3.63) is 59.2 Å². The van der Waals surface area contributed by atoms with Crippen LogP contribution in [0.15, 0.2) is 42.5 Å². The minimum absolute atomic E-state index is 0.0400. The van der Waals surface area contributed by atoms with Gasteiger partial charge in [0.05, 0.1) is 20.3 Å². The molecule has 0 radical (unpaired) electrons. The molecule has 4 nitrogen and oxygen atoms in total. The third-order valence-corrected chi connectivity index (χ3v) is 10.8. The topological polar surface area (TPSA) is 36.9 Å². The normalized spacial score (nSPS) is 40.6. The van der Waals surface area contributed by atoms with Crippen LogP contribution < -0.4 is 9.47 Å². The number of methoxy groups -OCH3 is 2. The smallest absolute Gasteiger partial charge is 0.165 e. The summed E-state index contributed by atoms with van der Waals surface area (Å²) in [7, 11) is 3.68. The lowest BCUT2D eigenvalue weighted by Crippen LogP contribution is -2.78. The molecule has 1 aliphatic heterocycles. The molecular weight excluding hydrogens is 424 g/mol. The van der Waals surface area contributed by atoms with Crippen LogP contribution >= 0.6 is 0 Å². The zero-order chi connectivity index (χ0) is 23.1. The molecular formula is C30H36O4. The van der Waals surface area contributed by atoms with Crippen LogP contribution in [0.5, 0.6) is 11.5 Å². The van der Waals surface area contributed by atoms with Crippen LogP contribution in [-0.2, 0) is 27.9 Å². The van der Waals surface area contributed by atoms with Crippen LogP contribution in [0, 0.1) is 23.2 Å². The zero-order valence-corrected chi connectivity index (χ0v) is 20.6. The van der Waals surface area contributed by atoms with Gasteiger partial charge in [-0.25, -0.2) is 0 Å². The van der Waals surface area contributed by atoms with E-state index in [2.05, 4.69) is 49.4 Å². The molecule has 2 aromatic rings. The molecule has 4 heteroatoms. The fourth-order valence-corrected chi connectivity index (χ4v) is 9.48. The van der Waals surface area contributed by atoms with Gasteiger partial charge in [-0.15, -0.1) is 0 Å². The molecule has 0 N–H and O–H groups in total. The van der Waals surface area contributed by atoms with E-state index in [0.717, 1.165) is 30.4 Å². The van der Waals surface area contributed by atoms with Crippen LogP contribution in [0.4, 0.5) is 0 Å². The van der Waals surface area contributed by atoms with Crippen molar-refractivity contribution in [2.24, 2.45) is 23.2 Å². The predicted octanol–water partition coefficient (Wildman–Crippen LogP) is 5.70. The van der Waals surface area contributed by atoms with E-state index in [-0.39, 0.29) is 22.5 Å². The number of hydrogen-bond acceptors (Lipinski definition) is 4. The second-order valence-corrected chi connectivity index (χ2v) is 11.6. The van der Waals surface area contributed by atoms with E-state index >= 15 is 0 Å². The first kappa shape index (κ1) is 21.3. The number of fused-ring (bicyclic) bond motifs is 2. The van der Waals surface area contributed by atoms with Crippen LogP contribution in [0.25, 0.3) is 0 Å². The molecule has 5 aliphatic carbocycles. The summed E-state index contributed by atoms with van der Waals surface area (Å²) in [5.41, 5.74) is 4.20. The standard InChI is InChI=1S/C30H36O4/c1-19-11-12-29-25-21-9-10-24(31-2)26(25)34-27(29)30(32-3)14-13-28(29,23(19)15-21)16-22(30)18-33-17-20-7-5-4-6-8-20/h4-10,19,22-23,27H,11-18H2,1-3H3. The van der Waals surface area contributed by atoms with Crippen molar-refractivity contribution >= 4 is 0 Å². The molecule has 7 atom stereocenters. The van der Waals surface area contributed by atoms with Gasteiger partial charge in [0.15, 0.2) is 11.5 Å². The third kappa shape index (κ3) is 2.37. The number of ether oxygens (including phenoxy) is 4. The van der Waals surface area contributed by atoms with Crippen molar-refractivity contribution in [3.8, 4) is 11.5 Å². The first-order valence-corrected chi connectivity index (χ1v) is 13.1. The van der Waals surface area contributed by atoms with Gasteiger partial charge in [-0.3, -0.25) is 0 Å². The third-order valence-electron chi connectivity index (χ3n) is 10.8.